The van der Waals surface area contributed by atoms with Gasteiger partial charge in [-0.2, -0.15) is 0 Å². The van der Waals surface area contributed by atoms with Crippen LogP contribution in [0.4, 0.5) is 10.5 Å². The third-order valence-corrected chi connectivity index (χ3v) is 2.58. The lowest BCUT2D eigenvalue weighted by Crippen LogP contribution is -2.38. The van der Waals surface area contributed by atoms with Crippen molar-refractivity contribution in [2.45, 2.75) is 25.9 Å². The van der Waals surface area contributed by atoms with Gasteiger partial charge in [-0.3, -0.25) is 0 Å². The fourth-order valence-electron chi connectivity index (χ4n) is 1.40. The van der Waals surface area contributed by atoms with E-state index in [-0.39, 0.29) is 6.54 Å². The minimum Gasteiger partial charge on any atom is -0.479 e. The zero-order chi connectivity index (χ0) is 14.4. The SMILES string of the molecule is CC(C)c1ccc(NC(=O)NC[C@H](O)C(=O)O)cc1. The number of carbonyl (C=O) groups is 2. The fourth-order valence-corrected chi connectivity index (χ4v) is 1.40. The van der Waals surface area contributed by atoms with Crippen molar-refractivity contribution in [1.29, 1.82) is 0 Å². The Morgan fingerprint density at radius 2 is 1.79 bits per heavy atom. The van der Waals surface area contributed by atoms with Gasteiger partial charge in [0.25, 0.3) is 0 Å². The Balaban J connectivity index is 2.46. The quantitative estimate of drug-likeness (QED) is 0.647. The van der Waals surface area contributed by atoms with E-state index in [0.29, 0.717) is 11.6 Å². The summed E-state index contributed by atoms with van der Waals surface area (Å²) in [5.74, 6) is -0.963. The number of nitrogens with one attached hydrogen (secondary N) is 2. The van der Waals surface area contributed by atoms with Crippen molar-refractivity contribution in [3.8, 4) is 0 Å². The van der Waals surface area contributed by atoms with Gasteiger partial charge >= 0.3 is 12.0 Å². The van der Waals surface area contributed by atoms with E-state index in [0.717, 1.165) is 5.56 Å². The van der Waals surface area contributed by atoms with Crippen LogP contribution in [0.1, 0.15) is 25.3 Å². The van der Waals surface area contributed by atoms with Crippen LogP contribution in [0, 0.1) is 0 Å². The number of benzene rings is 1. The predicted octanol–water partition coefficient (Wildman–Crippen LogP) is 1.38. The summed E-state index contributed by atoms with van der Waals surface area (Å²) in [5.41, 5.74) is 1.76. The molecule has 0 spiro atoms. The van der Waals surface area contributed by atoms with Crippen molar-refractivity contribution in [2.24, 2.45) is 0 Å². The second-order valence-electron chi connectivity index (χ2n) is 4.47. The molecule has 6 nitrogen and oxygen atoms in total. The third kappa shape index (κ3) is 4.97. The van der Waals surface area contributed by atoms with Crippen molar-refractivity contribution in [2.75, 3.05) is 11.9 Å². The van der Waals surface area contributed by atoms with Crippen LogP contribution in [0.25, 0.3) is 0 Å². The lowest BCUT2D eigenvalue weighted by atomic mass is 10.0. The molecule has 0 fully saturated rings. The molecule has 1 atom stereocenters. The number of hydrogen-bond donors (Lipinski definition) is 4. The normalized spacial score (nSPS) is 12.0. The highest BCUT2D eigenvalue weighted by molar-refractivity contribution is 5.89. The number of hydrogen-bond acceptors (Lipinski definition) is 3. The number of rotatable bonds is 5. The first-order valence-electron chi connectivity index (χ1n) is 5.96. The molecule has 0 saturated carbocycles. The monoisotopic (exact) mass is 266 g/mol. The van der Waals surface area contributed by atoms with Crippen molar-refractivity contribution in [3.05, 3.63) is 29.8 Å². The van der Waals surface area contributed by atoms with Gasteiger partial charge in [0, 0.05) is 5.69 Å². The van der Waals surface area contributed by atoms with Crippen molar-refractivity contribution < 1.29 is 19.8 Å². The van der Waals surface area contributed by atoms with E-state index in [2.05, 4.69) is 24.5 Å². The summed E-state index contributed by atoms with van der Waals surface area (Å²) in [6, 6.07) is 6.79. The molecule has 0 aromatic heterocycles. The maximum Gasteiger partial charge on any atom is 0.334 e. The summed E-state index contributed by atoms with van der Waals surface area (Å²) in [7, 11) is 0. The van der Waals surface area contributed by atoms with Crippen LogP contribution in [0.3, 0.4) is 0 Å². The summed E-state index contributed by atoms with van der Waals surface area (Å²) in [5, 5.41) is 22.3. The summed E-state index contributed by atoms with van der Waals surface area (Å²) in [6.45, 7) is 3.80. The van der Waals surface area contributed by atoms with Gasteiger partial charge in [-0.25, -0.2) is 9.59 Å². The van der Waals surface area contributed by atoms with Gasteiger partial charge in [0.15, 0.2) is 6.10 Å². The average Bonchev–Trinajstić information content (AvgIpc) is 2.36. The first-order valence-corrected chi connectivity index (χ1v) is 5.96. The summed E-state index contributed by atoms with van der Waals surface area (Å²) in [4.78, 5) is 21.8. The molecule has 0 unspecified atom stereocenters. The molecule has 0 radical (unpaired) electrons. The maximum atomic E-state index is 11.4. The molecule has 0 saturated heterocycles. The predicted molar refractivity (Wildman–Crippen MR) is 71.2 cm³/mol. The Kier molecular flexibility index (Phi) is 5.32. The molecule has 1 aromatic carbocycles. The summed E-state index contributed by atoms with van der Waals surface area (Å²) < 4.78 is 0. The van der Waals surface area contributed by atoms with Gasteiger partial charge in [-0.05, 0) is 23.6 Å². The molecule has 4 N–H and O–H groups in total. The van der Waals surface area contributed by atoms with E-state index in [4.69, 9.17) is 10.2 Å². The van der Waals surface area contributed by atoms with E-state index in [9.17, 15) is 9.59 Å². The molecule has 2 amide bonds. The van der Waals surface area contributed by atoms with E-state index < -0.39 is 18.1 Å². The molecule has 104 valence electrons. The number of urea groups is 1. The highest BCUT2D eigenvalue weighted by Gasteiger charge is 2.13. The number of carboxylic acids is 1. The second-order valence-corrected chi connectivity index (χ2v) is 4.47. The van der Waals surface area contributed by atoms with Crippen LogP contribution >= 0.6 is 0 Å². The highest BCUT2D eigenvalue weighted by atomic mass is 16.4. The largest absolute Gasteiger partial charge is 0.479 e. The molecule has 19 heavy (non-hydrogen) atoms. The third-order valence-electron chi connectivity index (χ3n) is 2.58. The number of amides is 2. The average molecular weight is 266 g/mol. The van der Waals surface area contributed by atoms with E-state index in [1.54, 1.807) is 12.1 Å². The first-order chi connectivity index (χ1) is 8.90. The standard InChI is InChI=1S/C13H18N2O4/c1-8(2)9-3-5-10(6-4-9)15-13(19)14-7-11(16)12(17)18/h3-6,8,11,16H,7H2,1-2H3,(H,17,18)(H2,14,15,19)/t11-/m0/s1. The zero-order valence-corrected chi connectivity index (χ0v) is 10.9. The van der Waals surface area contributed by atoms with Gasteiger partial charge in [-0.1, -0.05) is 26.0 Å². The smallest absolute Gasteiger partial charge is 0.334 e. The molecule has 1 aromatic rings. The van der Waals surface area contributed by atoms with Gasteiger partial charge in [0.1, 0.15) is 0 Å². The molecule has 6 heteroatoms. The van der Waals surface area contributed by atoms with E-state index in [1.807, 2.05) is 12.1 Å². The molecule has 0 aliphatic rings. The summed E-state index contributed by atoms with van der Waals surface area (Å²) >= 11 is 0. The van der Waals surface area contributed by atoms with Crippen molar-refractivity contribution in [1.82, 2.24) is 5.32 Å². The molecule has 0 bridgehead atoms. The van der Waals surface area contributed by atoms with Crippen LogP contribution in [-0.4, -0.2) is 34.9 Å². The number of carbonyl (C=O) groups excluding carboxylic acids is 1. The Hall–Kier alpha value is -2.08. The fraction of sp³-hybridized carbons (Fsp3) is 0.385. The number of carboxylic acid groups (broad SMARTS) is 1. The van der Waals surface area contributed by atoms with Crippen LogP contribution in [0.2, 0.25) is 0 Å². The minimum atomic E-state index is -1.60. The molecular weight excluding hydrogens is 248 g/mol. The van der Waals surface area contributed by atoms with Gasteiger partial charge in [0.05, 0.1) is 6.54 Å². The van der Waals surface area contributed by atoms with Crippen LogP contribution < -0.4 is 10.6 Å². The van der Waals surface area contributed by atoms with Crippen LogP contribution in [0.15, 0.2) is 24.3 Å². The Labute approximate surface area is 111 Å². The topological polar surface area (TPSA) is 98.7 Å². The van der Waals surface area contributed by atoms with Crippen molar-refractivity contribution >= 4 is 17.7 Å². The van der Waals surface area contributed by atoms with E-state index >= 15 is 0 Å². The number of aliphatic carboxylic acids is 1. The van der Waals surface area contributed by atoms with Gasteiger partial charge < -0.3 is 20.8 Å². The van der Waals surface area contributed by atoms with Gasteiger partial charge in [0.2, 0.25) is 0 Å². The minimum absolute atomic E-state index is 0.342. The number of anilines is 1. The van der Waals surface area contributed by atoms with E-state index in [1.165, 1.54) is 0 Å². The number of aliphatic hydroxyl groups is 1. The van der Waals surface area contributed by atoms with Crippen LogP contribution in [0.5, 0.6) is 0 Å². The van der Waals surface area contributed by atoms with Crippen LogP contribution in [-0.2, 0) is 4.79 Å². The molecule has 1 rings (SSSR count). The number of aliphatic hydroxyl groups excluding tert-OH is 1. The molecule has 0 aliphatic carbocycles. The lowest BCUT2D eigenvalue weighted by Gasteiger charge is -2.10. The highest BCUT2D eigenvalue weighted by Crippen LogP contribution is 2.16. The van der Waals surface area contributed by atoms with Crippen molar-refractivity contribution in [3.63, 3.8) is 0 Å². The Morgan fingerprint density at radius 3 is 2.26 bits per heavy atom. The molecule has 0 aliphatic heterocycles. The second kappa shape index (κ2) is 6.75. The Morgan fingerprint density at radius 1 is 1.21 bits per heavy atom. The Bertz CT molecular complexity index is 442. The van der Waals surface area contributed by atoms with Gasteiger partial charge in [-0.15, -0.1) is 0 Å². The molecular formula is C13H18N2O4. The first kappa shape index (κ1) is 15.0. The zero-order valence-electron chi connectivity index (χ0n) is 10.9. The maximum absolute atomic E-state index is 11.4. The lowest BCUT2D eigenvalue weighted by molar-refractivity contribution is -0.146. The molecule has 0 heterocycles. The summed E-state index contributed by atoms with van der Waals surface area (Å²) in [6.07, 6.45) is -1.60.